The topological polar surface area (TPSA) is 130 Å². The fourth-order valence-electron chi connectivity index (χ4n) is 14.3. The van der Waals surface area contributed by atoms with Gasteiger partial charge in [-0.05, 0) is 111 Å². The molecule has 1 saturated heterocycles. The molecular formula is C88H68BBrN12O2. The number of halogens is 1. The minimum absolute atomic E-state index is 0. The van der Waals surface area contributed by atoms with Gasteiger partial charge in [-0.1, -0.05) is 216 Å². The van der Waals surface area contributed by atoms with Gasteiger partial charge in [0.1, 0.15) is 33.5 Å². The number of nitrogens with zero attached hydrogens (tertiary/aromatic N) is 12. The van der Waals surface area contributed by atoms with Gasteiger partial charge in [0.05, 0.1) is 67.6 Å². The maximum atomic E-state index is 6.21. The smallest absolute Gasteiger partial charge is 0.399 e. The Labute approximate surface area is 608 Å². The van der Waals surface area contributed by atoms with Crippen LogP contribution in [0.4, 0.5) is 0 Å². The average molecular weight is 1420 g/mol. The van der Waals surface area contributed by atoms with Crippen LogP contribution in [0.2, 0.25) is 0 Å². The highest BCUT2D eigenvalue weighted by molar-refractivity contribution is 9.10. The van der Waals surface area contributed by atoms with Gasteiger partial charge in [0, 0.05) is 83.7 Å². The highest BCUT2D eigenvalue weighted by Crippen LogP contribution is 2.40. The second-order valence-electron chi connectivity index (χ2n) is 26.8. The number of para-hydroxylation sites is 2. The lowest BCUT2D eigenvalue weighted by Gasteiger charge is -2.32. The van der Waals surface area contributed by atoms with Crippen molar-refractivity contribution in [2.75, 3.05) is 0 Å². The maximum absolute atomic E-state index is 6.21. The summed E-state index contributed by atoms with van der Waals surface area (Å²) in [5.41, 5.74) is 22.1. The van der Waals surface area contributed by atoms with Gasteiger partial charge in [0.2, 0.25) is 18.0 Å². The Hall–Kier alpha value is -12.3. The first kappa shape index (κ1) is 65.0. The van der Waals surface area contributed by atoms with Gasteiger partial charge in [-0.25, -0.2) is 34.9 Å². The molecule has 16 heteroatoms. The van der Waals surface area contributed by atoms with Crippen LogP contribution in [0.1, 0.15) is 35.1 Å². The molecule has 14 nitrogen and oxygen atoms in total. The van der Waals surface area contributed by atoms with Gasteiger partial charge in [0.15, 0.2) is 5.65 Å². The van der Waals surface area contributed by atoms with Crippen LogP contribution in [0.25, 0.3) is 161 Å². The molecule has 21 rings (SSSR count). The SMILES string of the molecule is Brc1ccc(-c2nc3ccccc3c3nc4ccccn4c23)cc1.C.CC1(C)OB(c2ccc(-c3nc4c(nc5ccccn54)c4ccccc34)cc2)OC1(C)C.[CH3-].c1ccc2c(c1)nc(-c1ccc(-c3ccc(-c4nc5c(c[n+]6ccccn56)c5ccccc45)cc3)cc1)c1c2nc2ccccn21. The summed E-state index contributed by atoms with van der Waals surface area (Å²) < 4.78 is 24.0. The number of aromatic nitrogens is 12. The second-order valence-corrected chi connectivity index (χ2v) is 27.7. The molecule has 20 aromatic rings. The van der Waals surface area contributed by atoms with Gasteiger partial charge in [0.25, 0.3) is 0 Å². The van der Waals surface area contributed by atoms with Crippen molar-refractivity contribution in [2.24, 2.45) is 0 Å². The monoisotopic (exact) mass is 1410 g/mol. The first-order valence-corrected chi connectivity index (χ1v) is 34.8. The lowest BCUT2D eigenvalue weighted by molar-refractivity contribution is -0.615. The molecular weight excluding hydrogens is 1350 g/mol. The Morgan fingerprint density at radius 1 is 0.346 bits per heavy atom. The number of imidazole rings is 3. The molecule has 0 atom stereocenters. The van der Waals surface area contributed by atoms with Crippen LogP contribution >= 0.6 is 15.9 Å². The third-order valence-electron chi connectivity index (χ3n) is 20.2. The van der Waals surface area contributed by atoms with Gasteiger partial charge >= 0.3 is 7.12 Å². The summed E-state index contributed by atoms with van der Waals surface area (Å²) in [7, 11) is -0.375. The van der Waals surface area contributed by atoms with Gasteiger partial charge < -0.3 is 16.7 Å². The van der Waals surface area contributed by atoms with Crippen LogP contribution in [0.15, 0.2) is 303 Å². The minimum atomic E-state index is -0.375. The lowest BCUT2D eigenvalue weighted by atomic mass is 9.78. The van der Waals surface area contributed by atoms with E-state index in [0.717, 1.165) is 165 Å². The molecule has 502 valence electrons. The largest absolute Gasteiger partial charge is 0.494 e. The van der Waals surface area contributed by atoms with E-state index in [2.05, 4.69) is 226 Å². The lowest BCUT2D eigenvalue weighted by Crippen LogP contribution is -2.41. The summed E-state index contributed by atoms with van der Waals surface area (Å²) >= 11 is 3.50. The quantitative estimate of drug-likeness (QED) is 0.0907. The zero-order chi connectivity index (χ0) is 68.4. The standard InChI is InChI=1S/C40H25N6.C26H24BN3O2.C20H12BrN3.CH4.CH3/c1-2-10-31-30(9-1)33-25-44-22-7-8-24-46(44)40(33)43-36(31)28-18-14-26(15-19-28)27-16-20-29(21-17-27)37-39-38(32-11-3-4-12-34(32)41-37)42-35-13-5-6-23-45(35)39;1-25(2)26(3,4)32-27(31-25)18-14-12-17(13-15-18)22-19-9-5-6-10-20(19)23-24(29-22)30-16-8-7-11-21(30)28-23;21-14-10-8-13(9-11-14)18-20-19(15-5-1-2-6-16(15)22-18)23-17-7-3-4-12-24(17)20;;/h1-25H;5-16H,1-4H3;1-12H;1H4;1H3/q+1;;;;-1. The van der Waals surface area contributed by atoms with Crippen molar-refractivity contribution in [1.82, 2.24) is 52.6 Å². The number of benzene rings is 8. The van der Waals surface area contributed by atoms with Crippen LogP contribution in [-0.2, 0) is 9.31 Å². The van der Waals surface area contributed by atoms with E-state index in [4.69, 9.17) is 44.2 Å². The van der Waals surface area contributed by atoms with Gasteiger partial charge in [-0.15, -0.1) is 4.52 Å². The molecule has 8 aromatic carbocycles. The van der Waals surface area contributed by atoms with E-state index in [9.17, 15) is 0 Å². The summed E-state index contributed by atoms with van der Waals surface area (Å²) in [4.78, 5) is 35.0. The Morgan fingerprint density at radius 3 is 1.28 bits per heavy atom. The molecule has 1 aliphatic rings. The third kappa shape index (κ3) is 10.9. The van der Waals surface area contributed by atoms with E-state index in [1.165, 1.54) is 5.39 Å². The zero-order valence-electron chi connectivity index (χ0n) is 56.9. The number of fused-ring (bicyclic) bond motifs is 20. The van der Waals surface area contributed by atoms with Crippen LogP contribution < -0.4 is 9.98 Å². The summed E-state index contributed by atoms with van der Waals surface area (Å²) in [5, 5.41) is 7.81. The Kier molecular flexibility index (Phi) is 16.0. The number of pyridine rings is 7. The normalized spacial score (nSPS) is 13.3. The summed E-state index contributed by atoms with van der Waals surface area (Å²) in [5.74, 6) is 0. The maximum Gasteiger partial charge on any atom is 0.494 e. The predicted molar refractivity (Wildman–Crippen MR) is 427 cm³/mol. The van der Waals surface area contributed by atoms with Crippen molar-refractivity contribution in [2.45, 2.75) is 46.3 Å². The molecule has 0 aliphatic carbocycles. The number of hydrogen-bond donors (Lipinski definition) is 0. The molecule has 0 unspecified atom stereocenters. The van der Waals surface area contributed by atoms with Crippen molar-refractivity contribution < 1.29 is 13.8 Å². The van der Waals surface area contributed by atoms with E-state index in [1.807, 2.05) is 138 Å². The summed E-state index contributed by atoms with van der Waals surface area (Å²) in [6, 6.07) is 89.6. The van der Waals surface area contributed by atoms with Crippen LogP contribution in [0.3, 0.4) is 0 Å². The van der Waals surface area contributed by atoms with Crippen molar-refractivity contribution in [1.29, 1.82) is 0 Å². The van der Waals surface area contributed by atoms with Gasteiger partial charge in [-0.2, -0.15) is 0 Å². The molecule has 1 fully saturated rings. The Morgan fingerprint density at radius 2 is 0.740 bits per heavy atom. The zero-order valence-corrected chi connectivity index (χ0v) is 58.5. The molecule has 0 bridgehead atoms. The van der Waals surface area contributed by atoms with E-state index in [-0.39, 0.29) is 33.2 Å². The average Bonchev–Trinajstić information content (AvgIpc) is 1.56. The van der Waals surface area contributed by atoms with Crippen molar-refractivity contribution in [3.63, 3.8) is 0 Å². The minimum Gasteiger partial charge on any atom is -0.399 e. The van der Waals surface area contributed by atoms with Crippen LogP contribution in [0, 0.1) is 7.43 Å². The molecule has 0 radical (unpaired) electrons. The molecule has 0 saturated carbocycles. The molecule has 13 heterocycles. The van der Waals surface area contributed by atoms with Crippen molar-refractivity contribution in [3.05, 3.63) is 310 Å². The predicted octanol–water partition coefficient (Wildman–Crippen LogP) is 20.1. The van der Waals surface area contributed by atoms with E-state index >= 15 is 0 Å². The number of rotatable bonds is 6. The van der Waals surface area contributed by atoms with Crippen molar-refractivity contribution >= 4 is 133 Å². The summed E-state index contributed by atoms with van der Waals surface area (Å²) in [6.07, 6.45) is 12.4. The molecule has 104 heavy (non-hydrogen) atoms. The Balaban J connectivity index is 0.000000121. The van der Waals surface area contributed by atoms with Crippen molar-refractivity contribution in [3.8, 4) is 56.2 Å². The van der Waals surface area contributed by atoms with Crippen LogP contribution in [0.5, 0.6) is 0 Å². The molecule has 0 spiro atoms. The number of hydrogen-bond acceptors (Lipinski definition) is 9. The fraction of sp³-hybridized carbons (Fsp3) is 0.0795. The summed E-state index contributed by atoms with van der Waals surface area (Å²) in [6.45, 7) is 8.29. The molecule has 0 amide bonds. The second kappa shape index (κ2) is 25.6. The molecule has 1 aliphatic heterocycles. The highest BCUT2D eigenvalue weighted by atomic mass is 79.9. The Bertz CT molecular complexity index is 6710. The third-order valence-corrected chi connectivity index (χ3v) is 20.7. The van der Waals surface area contributed by atoms with E-state index in [1.54, 1.807) is 0 Å². The van der Waals surface area contributed by atoms with Crippen LogP contribution in [-0.4, -0.2) is 70.9 Å². The molecule has 12 aromatic heterocycles. The van der Waals surface area contributed by atoms with E-state index < -0.39 is 0 Å². The van der Waals surface area contributed by atoms with E-state index in [0.29, 0.717) is 0 Å². The first-order valence-electron chi connectivity index (χ1n) is 34.1. The fourth-order valence-corrected chi connectivity index (χ4v) is 14.6. The van der Waals surface area contributed by atoms with Gasteiger partial charge in [-0.3, -0.25) is 13.2 Å². The first-order chi connectivity index (χ1) is 49.9. The highest BCUT2D eigenvalue weighted by Gasteiger charge is 2.51. The molecule has 0 N–H and O–H groups in total.